The van der Waals surface area contributed by atoms with E-state index in [1.807, 2.05) is 31.1 Å². The van der Waals surface area contributed by atoms with Crippen LogP contribution in [0.5, 0.6) is 0 Å². The lowest BCUT2D eigenvalue weighted by atomic mass is 10.2. The van der Waals surface area contributed by atoms with Crippen molar-refractivity contribution in [1.82, 2.24) is 4.98 Å². The van der Waals surface area contributed by atoms with Gasteiger partial charge < -0.3 is 16.0 Å². The van der Waals surface area contributed by atoms with Crippen LogP contribution in [0.1, 0.15) is 10.4 Å². The average Bonchev–Trinajstić information content (AvgIpc) is 2.41. The largest absolute Gasteiger partial charge is 0.397 e. The normalized spacial score (nSPS) is 10.0. The van der Waals surface area contributed by atoms with Gasteiger partial charge in [0.05, 0.1) is 11.9 Å². The molecule has 0 saturated heterocycles. The third kappa shape index (κ3) is 3.22. The standard InChI is InChI=1S/C14H16N4O/c1-18(2)12-6-3-10(4-7-12)14(19)17-13-8-5-11(15)9-16-13/h3-9H,15H2,1-2H3,(H,16,17,19). The smallest absolute Gasteiger partial charge is 0.256 e. The van der Waals surface area contributed by atoms with Crippen LogP contribution in [0.4, 0.5) is 17.2 Å². The maximum Gasteiger partial charge on any atom is 0.256 e. The summed E-state index contributed by atoms with van der Waals surface area (Å²) in [6, 6.07) is 10.7. The number of anilines is 3. The highest BCUT2D eigenvalue weighted by atomic mass is 16.1. The molecule has 0 saturated carbocycles. The second-order valence-corrected chi connectivity index (χ2v) is 4.37. The second kappa shape index (κ2) is 5.39. The van der Waals surface area contributed by atoms with E-state index in [-0.39, 0.29) is 5.91 Å². The van der Waals surface area contributed by atoms with Crippen LogP contribution in [0.3, 0.4) is 0 Å². The number of nitrogens with one attached hydrogen (secondary N) is 1. The summed E-state index contributed by atoms with van der Waals surface area (Å²) in [5, 5.41) is 2.71. The lowest BCUT2D eigenvalue weighted by molar-refractivity contribution is 0.102. The Bertz CT molecular complexity index is 561. The van der Waals surface area contributed by atoms with Crippen molar-refractivity contribution in [2.24, 2.45) is 0 Å². The fraction of sp³-hybridized carbons (Fsp3) is 0.143. The molecule has 3 N–H and O–H groups in total. The fourth-order valence-corrected chi connectivity index (χ4v) is 1.58. The van der Waals surface area contributed by atoms with Crippen molar-refractivity contribution < 1.29 is 4.79 Å². The molecule has 1 heterocycles. The number of nitrogens with two attached hydrogens (primary N) is 1. The van der Waals surface area contributed by atoms with Crippen LogP contribution in [-0.4, -0.2) is 25.0 Å². The Hall–Kier alpha value is -2.56. The zero-order chi connectivity index (χ0) is 13.8. The minimum Gasteiger partial charge on any atom is -0.397 e. The average molecular weight is 256 g/mol. The quantitative estimate of drug-likeness (QED) is 0.881. The summed E-state index contributed by atoms with van der Waals surface area (Å²) in [4.78, 5) is 18.0. The molecule has 5 heteroatoms. The van der Waals surface area contributed by atoms with Gasteiger partial charge in [-0.05, 0) is 36.4 Å². The third-order valence-corrected chi connectivity index (χ3v) is 2.67. The number of hydrogen-bond acceptors (Lipinski definition) is 4. The van der Waals surface area contributed by atoms with Gasteiger partial charge in [-0.15, -0.1) is 0 Å². The van der Waals surface area contributed by atoms with Crippen LogP contribution in [0.25, 0.3) is 0 Å². The number of carbonyl (C=O) groups excluding carboxylic acids is 1. The topological polar surface area (TPSA) is 71.2 Å². The molecule has 98 valence electrons. The molecule has 1 amide bonds. The van der Waals surface area contributed by atoms with Crippen molar-refractivity contribution in [2.45, 2.75) is 0 Å². The molecule has 0 unspecified atom stereocenters. The van der Waals surface area contributed by atoms with Gasteiger partial charge in [0.2, 0.25) is 0 Å². The van der Waals surface area contributed by atoms with Crippen molar-refractivity contribution in [3.63, 3.8) is 0 Å². The van der Waals surface area contributed by atoms with Gasteiger partial charge >= 0.3 is 0 Å². The van der Waals surface area contributed by atoms with Gasteiger partial charge in [-0.1, -0.05) is 0 Å². The van der Waals surface area contributed by atoms with E-state index in [4.69, 9.17) is 5.73 Å². The predicted octanol–water partition coefficient (Wildman–Crippen LogP) is 1.98. The molecule has 0 fully saturated rings. The van der Waals surface area contributed by atoms with Crippen LogP contribution >= 0.6 is 0 Å². The number of nitrogen functional groups attached to an aromatic ring is 1. The van der Waals surface area contributed by atoms with Gasteiger partial charge in [0.15, 0.2) is 0 Å². The first-order valence-corrected chi connectivity index (χ1v) is 5.86. The Morgan fingerprint density at radius 2 is 1.84 bits per heavy atom. The van der Waals surface area contributed by atoms with E-state index in [0.29, 0.717) is 17.1 Å². The first-order valence-electron chi connectivity index (χ1n) is 5.86. The van der Waals surface area contributed by atoms with E-state index in [1.165, 1.54) is 6.20 Å². The summed E-state index contributed by atoms with van der Waals surface area (Å²) in [6.45, 7) is 0. The van der Waals surface area contributed by atoms with Crippen LogP contribution in [0.15, 0.2) is 42.6 Å². The second-order valence-electron chi connectivity index (χ2n) is 4.37. The Kier molecular flexibility index (Phi) is 3.66. The van der Waals surface area contributed by atoms with Crippen molar-refractivity contribution in [1.29, 1.82) is 0 Å². The van der Waals surface area contributed by atoms with Gasteiger partial charge in [0.1, 0.15) is 5.82 Å². The van der Waals surface area contributed by atoms with Gasteiger partial charge in [-0.2, -0.15) is 0 Å². The zero-order valence-corrected chi connectivity index (χ0v) is 10.9. The summed E-state index contributed by atoms with van der Waals surface area (Å²) in [5.74, 6) is 0.290. The lowest BCUT2D eigenvalue weighted by Gasteiger charge is -2.12. The maximum atomic E-state index is 12.0. The molecule has 0 atom stereocenters. The van der Waals surface area contributed by atoms with Gasteiger partial charge in [0.25, 0.3) is 5.91 Å². The zero-order valence-electron chi connectivity index (χ0n) is 10.9. The van der Waals surface area contributed by atoms with Crippen LogP contribution in [0, 0.1) is 0 Å². The summed E-state index contributed by atoms with van der Waals surface area (Å²) >= 11 is 0. The molecule has 2 rings (SSSR count). The van der Waals surface area contributed by atoms with E-state index in [9.17, 15) is 4.79 Å². The monoisotopic (exact) mass is 256 g/mol. The highest BCUT2D eigenvalue weighted by Gasteiger charge is 2.06. The van der Waals surface area contributed by atoms with Crippen LogP contribution in [0.2, 0.25) is 0 Å². The molecule has 1 aromatic carbocycles. The van der Waals surface area contributed by atoms with E-state index in [0.717, 1.165) is 5.69 Å². The molecule has 0 aliphatic heterocycles. The van der Waals surface area contributed by atoms with Crippen molar-refractivity contribution >= 4 is 23.1 Å². The summed E-state index contributed by atoms with van der Waals surface area (Å²) in [7, 11) is 3.90. The molecule has 19 heavy (non-hydrogen) atoms. The van der Waals surface area contributed by atoms with Crippen LogP contribution < -0.4 is 16.0 Å². The van der Waals surface area contributed by atoms with Crippen molar-refractivity contribution in [2.75, 3.05) is 30.0 Å². The van der Waals surface area contributed by atoms with Gasteiger partial charge in [0, 0.05) is 25.3 Å². The van der Waals surface area contributed by atoms with E-state index in [1.54, 1.807) is 24.3 Å². The number of pyridine rings is 1. The van der Waals surface area contributed by atoms with E-state index < -0.39 is 0 Å². The molecular weight excluding hydrogens is 240 g/mol. The molecule has 0 aliphatic carbocycles. The molecule has 0 radical (unpaired) electrons. The number of rotatable bonds is 3. The molecule has 5 nitrogen and oxygen atoms in total. The number of nitrogens with zero attached hydrogens (tertiary/aromatic N) is 2. The maximum absolute atomic E-state index is 12.0. The summed E-state index contributed by atoms with van der Waals surface area (Å²) in [6.07, 6.45) is 1.50. The molecular formula is C14H16N4O. The lowest BCUT2D eigenvalue weighted by Crippen LogP contribution is -2.14. The minimum atomic E-state index is -0.192. The Labute approximate surface area is 112 Å². The number of benzene rings is 1. The highest BCUT2D eigenvalue weighted by Crippen LogP contribution is 2.13. The summed E-state index contributed by atoms with van der Waals surface area (Å²) < 4.78 is 0. The molecule has 0 aliphatic rings. The van der Waals surface area contributed by atoms with E-state index >= 15 is 0 Å². The summed E-state index contributed by atoms with van der Waals surface area (Å²) in [5.41, 5.74) is 7.73. The SMILES string of the molecule is CN(C)c1ccc(C(=O)Nc2ccc(N)cn2)cc1. The predicted molar refractivity (Wildman–Crippen MR) is 77.4 cm³/mol. The minimum absolute atomic E-state index is 0.192. The van der Waals surface area contributed by atoms with E-state index in [2.05, 4.69) is 10.3 Å². The first kappa shape index (κ1) is 12.9. The number of carbonyl (C=O) groups is 1. The fourth-order valence-electron chi connectivity index (χ4n) is 1.58. The first-order chi connectivity index (χ1) is 9.06. The number of amides is 1. The van der Waals surface area contributed by atoms with Crippen molar-refractivity contribution in [3.05, 3.63) is 48.2 Å². The Morgan fingerprint density at radius 1 is 1.16 bits per heavy atom. The Morgan fingerprint density at radius 3 is 2.37 bits per heavy atom. The highest BCUT2D eigenvalue weighted by molar-refractivity contribution is 6.03. The number of aromatic nitrogens is 1. The van der Waals surface area contributed by atoms with Crippen LogP contribution in [-0.2, 0) is 0 Å². The Balaban J connectivity index is 2.09. The molecule has 0 spiro atoms. The molecule has 0 bridgehead atoms. The third-order valence-electron chi connectivity index (χ3n) is 2.67. The molecule has 1 aromatic heterocycles. The van der Waals surface area contributed by atoms with Gasteiger partial charge in [-0.25, -0.2) is 4.98 Å². The van der Waals surface area contributed by atoms with Gasteiger partial charge in [-0.3, -0.25) is 4.79 Å². The van der Waals surface area contributed by atoms with Crippen molar-refractivity contribution in [3.8, 4) is 0 Å². The molecule has 2 aromatic rings. The number of hydrogen-bond donors (Lipinski definition) is 2.